The predicted octanol–water partition coefficient (Wildman–Crippen LogP) is -3.28. The molecular formula is C14H26N8O7S. The van der Waals surface area contributed by atoms with E-state index in [1.165, 1.54) is 17.4 Å². The molecule has 0 unspecified atom stereocenters. The maximum atomic E-state index is 12.5. The second-order valence-corrected chi connectivity index (χ2v) is 7.60. The molecule has 2 aliphatic heterocycles. The number of carbonyl (C=O) groups excluding carboxylic acids is 3. The third kappa shape index (κ3) is 5.92. The molecule has 2 rings (SSSR count). The van der Waals surface area contributed by atoms with E-state index in [-0.39, 0.29) is 25.6 Å². The van der Waals surface area contributed by atoms with Crippen molar-refractivity contribution in [3.63, 3.8) is 0 Å². The molecule has 0 aromatic rings. The van der Waals surface area contributed by atoms with Crippen LogP contribution in [-0.2, 0) is 24.3 Å². The number of nitrogens with zero attached hydrogens (tertiary/aromatic N) is 3. The van der Waals surface area contributed by atoms with E-state index in [2.05, 4.69) is 20.5 Å². The summed E-state index contributed by atoms with van der Waals surface area (Å²) in [5, 5.41) is 4.80. The van der Waals surface area contributed by atoms with Gasteiger partial charge in [-0.1, -0.05) is 0 Å². The molecule has 0 radical (unpaired) electrons. The summed E-state index contributed by atoms with van der Waals surface area (Å²) >= 11 is 0. The Morgan fingerprint density at radius 1 is 1.40 bits per heavy atom. The number of nitrogens with one attached hydrogen (secondary N) is 3. The summed E-state index contributed by atoms with van der Waals surface area (Å²) in [6.45, 7) is 1.82. The number of hydrazine groups is 2. The molecule has 3 atom stereocenters. The summed E-state index contributed by atoms with van der Waals surface area (Å²) in [6, 6.07) is -2.63. The molecule has 8 N–H and O–H groups in total. The highest BCUT2D eigenvalue weighted by Crippen LogP contribution is 2.18. The van der Waals surface area contributed by atoms with Crippen molar-refractivity contribution in [2.45, 2.75) is 37.9 Å². The first kappa shape index (κ1) is 23.6. The van der Waals surface area contributed by atoms with Crippen molar-refractivity contribution < 1.29 is 31.6 Å². The Hall–Kier alpha value is -2.66. The maximum absolute atomic E-state index is 12.5. The van der Waals surface area contributed by atoms with Gasteiger partial charge >= 0.3 is 16.4 Å². The first-order valence-electron chi connectivity index (χ1n) is 9.07. The number of carbonyl (C=O) groups is 3. The minimum atomic E-state index is -4.88. The molecule has 4 amide bonds. The van der Waals surface area contributed by atoms with Gasteiger partial charge in [0.1, 0.15) is 6.04 Å². The number of hydroxylamine groups is 2. The van der Waals surface area contributed by atoms with Crippen LogP contribution in [0, 0.1) is 0 Å². The van der Waals surface area contributed by atoms with E-state index in [1.807, 2.05) is 0 Å². The molecule has 0 aromatic heterocycles. The van der Waals surface area contributed by atoms with Crippen molar-refractivity contribution >= 4 is 28.2 Å². The molecule has 15 nitrogen and oxygen atoms in total. The lowest BCUT2D eigenvalue weighted by Gasteiger charge is -2.38. The number of likely N-dealkylation sites (N-methyl/N-ethyl adjacent to an activating group) is 1. The van der Waals surface area contributed by atoms with Crippen molar-refractivity contribution in [1.82, 2.24) is 31.1 Å². The van der Waals surface area contributed by atoms with Gasteiger partial charge in [0.15, 0.2) is 0 Å². The molecular weight excluding hydrogens is 424 g/mol. The summed E-state index contributed by atoms with van der Waals surface area (Å²) in [7, 11) is -4.88. The van der Waals surface area contributed by atoms with Crippen LogP contribution >= 0.6 is 0 Å². The van der Waals surface area contributed by atoms with Gasteiger partial charge in [-0.25, -0.2) is 10.6 Å². The lowest BCUT2D eigenvalue weighted by atomic mass is 10.1. The largest absolute Gasteiger partial charge is 0.418 e. The van der Waals surface area contributed by atoms with Crippen LogP contribution in [0.5, 0.6) is 0 Å². The van der Waals surface area contributed by atoms with Gasteiger partial charge in [0.2, 0.25) is 0 Å². The van der Waals surface area contributed by atoms with Gasteiger partial charge in [0.05, 0.1) is 18.6 Å². The van der Waals surface area contributed by atoms with Crippen LogP contribution in [0.25, 0.3) is 0 Å². The average molecular weight is 450 g/mol. The maximum Gasteiger partial charge on any atom is 0.418 e. The highest BCUT2D eigenvalue weighted by atomic mass is 32.3. The minimum absolute atomic E-state index is 0.00805. The molecule has 0 aromatic carbocycles. The van der Waals surface area contributed by atoms with E-state index < -0.39 is 40.3 Å². The smallest absolute Gasteiger partial charge is 0.403 e. The van der Waals surface area contributed by atoms with E-state index in [0.29, 0.717) is 18.0 Å². The van der Waals surface area contributed by atoms with Crippen LogP contribution in [0.4, 0.5) is 4.79 Å². The quantitative estimate of drug-likeness (QED) is 0.128. The highest BCUT2D eigenvalue weighted by molar-refractivity contribution is 7.80. The molecule has 0 spiro atoms. The topological polar surface area (TPSA) is 213 Å². The second kappa shape index (κ2) is 9.90. The highest BCUT2D eigenvalue weighted by Gasteiger charge is 2.39. The monoisotopic (exact) mass is 450 g/mol. The van der Waals surface area contributed by atoms with Crippen molar-refractivity contribution in [2.24, 2.45) is 11.6 Å². The Labute approximate surface area is 173 Å². The molecule has 16 heteroatoms. The van der Waals surface area contributed by atoms with E-state index in [4.69, 9.17) is 16.1 Å². The zero-order valence-corrected chi connectivity index (χ0v) is 17.0. The summed E-state index contributed by atoms with van der Waals surface area (Å²) < 4.78 is 34.6. The number of amides is 4. The van der Waals surface area contributed by atoms with Crippen LogP contribution in [0.2, 0.25) is 0 Å². The van der Waals surface area contributed by atoms with Crippen molar-refractivity contribution in [3.8, 4) is 0 Å². The van der Waals surface area contributed by atoms with Crippen LogP contribution in [-0.4, -0.2) is 83.5 Å². The summed E-state index contributed by atoms with van der Waals surface area (Å²) in [5.41, 5.74) is 9.85. The van der Waals surface area contributed by atoms with E-state index in [1.54, 1.807) is 6.92 Å². The van der Waals surface area contributed by atoms with Gasteiger partial charge in [-0.3, -0.25) is 25.0 Å². The van der Waals surface area contributed by atoms with Gasteiger partial charge in [-0.15, -0.1) is 4.28 Å². The summed E-state index contributed by atoms with van der Waals surface area (Å²) in [6.07, 6.45) is 3.14. The van der Waals surface area contributed by atoms with Gasteiger partial charge in [0, 0.05) is 25.5 Å². The molecule has 0 aliphatic carbocycles. The fraction of sp³-hybridized carbons (Fsp3) is 0.643. The molecule has 2 saturated heterocycles. The normalized spacial score (nSPS) is 24.9. The summed E-state index contributed by atoms with van der Waals surface area (Å²) in [4.78, 5) is 38.1. The molecule has 2 fully saturated rings. The Morgan fingerprint density at radius 3 is 2.67 bits per heavy atom. The number of urea groups is 1. The Morgan fingerprint density at radius 2 is 2.07 bits per heavy atom. The van der Waals surface area contributed by atoms with Gasteiger partial charge in [0.25, 0.3) is 11.8 Å². The van der Waals surface area contributed by atoms with E-state index in [9.17, 15) is 22.8 Å². The first-order valence-corrected chi connectivity index (χ1v) is 10.4. The predicted molar refractivity (Wildman–Crippen MR) is 101 cm³/mol. The molecule has 2 heterocycles. The number of hydrogen-bond donors (Lipinski definition) is 6. The first-order chi connectivity index (χ1) is 14.1. The third-order valence-corrected chi connectivity index (χ3v) is 5.05. The lowest BCUT2D eigenvalue weighted by Crippen LogP contribution is -2.61. The van der Waals surface area contributed by atoms with Gasteiger partial charge in [-0.2, -0.15) is 13.5 Å². The Kier molecular flexibility index (Phi) is 7.79. The lowest BCUT2D eigenvalue weighted by molar-refractivity contribution is -0.135. The van der Waals surface area contributed by atoms with Crippen LogP contribution in [0.3, 0.4) is 0 Å². The Bertz CT molecular complexity index is 791. The van der Waals surface area contributed by atoms with Crippen LogP contribution < -0.4 is 27.7 Å². The molecule has 0 saturated carbocycles. The molecule has 170 valence electrons. The number of rotatable bonds is 7. The molecule has 30 heavy (non-hydrogen) atoms. The van der Waals surface area contributed by atoms with Crippen molar-refractivity contribution in [2.75, 3.05) is 19.6 Å². The Balaban J connectivity index is 1.88. The second-order valence-electron chi connectivity index (χ2n) is 6.60. The van der Waals surface area contributed by atoms with E-state index >= 15 is 0 Å². The van der Waals surface area contributed by atoms with Crippen molar-refractivity contribution in [1.29, 1.82) is 0 Å². The standard InChI is InChI=1S/C14H26N8O7S/c1-2-20-11(3-5-22(14(20)25)29-30(26,27)28)13(24)19-18-12(23)10-7-9(8-17-10)21(16)6-4-15/h4,6,9-11,17H,2-3,5,7-8,15-16H2,1H3,(H,18,23)(H,19,24)(H,26,27,28)/b6-4-/t9-,10-,11-/m0/s1. The zero-order valence-electron chi connectivity index (χ0n) is 16.2. The van der Waals surface area contributed by atoms with Gasteiger partial charge < -0.3 is 21.0 Å². The van der Waals surface area contributed by atoms with Gasteiger partial charge in [-0.05, 0) is 19.8 Å². The van der Waals surface area contributed by atoms with Crippen molar-refractivity contribution in [3.05, 3.63) is 12.4 Å². The minimum Gasteiger partial charge on any atom is -0.403 e. The SMILES string of the molecule is CCN1C(=O)N(OS(=O)(=O)O)CC[C@H]1C(=O)NNC(=O)[C@@H]1C[C@H](N(N)/C=C\N)CN1. The van der Waals surface area contributed by atoms with E-state index in [0.717, 1.165) is 4.90 Å². The van der Waals surface area contributed by atoms with Crippen LogP contribution in [0.15, 0.2) is 12.4 Å². The third-order valence-electron chi connectivity index (χ3n) is 4.68. The summed E-state index contributed by atoms with van der Waals surface area (Å²) in [5.74, 6) is 4.64. The molecule has 0 bridgehead atoms. The average Bonchev–Trinajstić information content (AvgIpc) is 3.17. The number of hydrogen-bond acceptors (Lipinski definition) is 10. The fourth-order valence-electron chi connectivity index (χ4n) is 3.24. The molecule has 2 aliphatic rings. The van der Waals surface area contributed by atoms with Crippen LogP contribution in [0.1, 0.15) is 19.8 Å². The fourth-order valence-corrected chi connectivity index (χ4v) is 3.60. The zero-order chi connectivity index (χ0) is 22.5. The number of nitrogens with two attached hydrogens (primary N) is 2.